The van der Waals surface area contributed by atoms with Crippen LogP contribution < -0.4 is 14.8 Å². The van der Waals surface area contributed by atoms with Crippen molar-refractivity contribution >= 4 is 21.6 Å². The molecule has 0 aliphatic heterocycles. The van der Waals surface area contributed by atoms with Crippen molar-refractivity contribution in [2.75, 3.05) is 19.4 Å². The fraction of sp³-hybridized carbons (Fsp3) is 0.353. The minimum atomic E-state index is -3.22. The molecule has 1 heterocycles. The smallest absolute Gasteiger partial charge is 0.213 e. The van der Waals surface area contributed by atoms with E-state index in [1.165, 1.54) is 0 Å². The van der Waals surface area contributed by atoms with Crippen molar-refractivity contribution in [2.45, 2.75) is 19.5 Å². The van der Waals surface area contributed by atoms with Crippen LogP contribution in [0.1, 0.15) is 24.1 Å². The number of nitrogens with one attached hydrogen (secondary N) is 2. The molecule has 6 nitrogen and oxygen atoms in total. The van der Waals surface area contributed by atoms with Crippen LogP contribution in [-0.2, 0) is 16.6 Å². The number of ether oxygens (including phenoxy) is 1. The molecular weight excluding hydrogens is 362 g/mol. The number of nitrogens with zero attached hydrogens (tertiary/aromatic N) is 1. The summed E-state index contributed by atoms with van der Waals surface area (Å²) < 4.78 is 30.6. The highest BCUT2D eigenvalue weighted by atomic mass is 35.5. The van der Waals surface area contributed by atoms with Gasteiger partial charge in [-0.25, -0.2) is 18.1 Å². The van der Waals surface area contributed by atoms with E-state index >= 15 is 0 Å². The maximum absolute atomic E-state index is 11.3. The summed E-state index contributed by atoms with van der Waals surface area (Å²) in [7, 11) is -3.22. The number of aromatic nitrogens is 1. The van der Waals surface area contributed by atoms with Gasteiger partial charge >= 0.3 is 0 Å². The maximum Gasteiger partial charge on any atom is 0.213 e. The molecule has 2 aromatic rings. The number of hydrogen-bond acceptors (Lipinski definition) is 5. The Hall–Kier alpha value is -1.67. The van der Waals surface area contributed by atoms with Crippen LogP contribution in [0.2, 0.25) is 5.02 Å². The Bertz CT molecular complexity index is 765. The van der Waals surface area contributed by atoms with Gasteiger partial charge in [0.1, 0.15) is 6.61 Å². The van der Waals surface area contributed by atoms with Crippen molar-refractivity contribution in [3.8, 4) is 5.88 Å². The molecule has 136 valence electrons. The number of hydrogen-bond donors (Lipinski definition) is 2. The molecule has 1 aromatic carbocycles. The Balaban J connectivity index is 1.71. The summed E-state index contributed by atoms with van der Waals surface area (Å²) in [6.07, 6.45) is 2.70. The van der Waals surface area contributed by atoms with E-state index in [9.17, 15) is 8.42 Å². The fourth-order valence-electron chi connectivity index (χ4n) is 2.22. The molecule has 0 saturated heterocycles. The predicted octanol–water partition coefficient (Wildman–Crippen LogP) is 2.51. The molecule has 0 aliphatic carbocycles. The third-order valence-electron chi connectivity index (χ3n) is 3.43. The van der Waals surface area contributed by atoms with Gasteiger partial charge in [0.25, 0.3) is 0 Å². The molecule has 2 rings (SSSR count). The summed E-state index contributed by atoms with van der Waals surface area (Å²) in [4.78, 5) is 4.05. The van der Waals surface area contributed by atoms with E-state index in [4.69, 9.17) is 16.3 Å². The normalized spacial score (nSPS) is 12.8. The Labute approximate surface area is 153 Å². The van der Waals surface area contributed by atoms with Gasteiger partial charge in [-0.15, -0.1) is 0 Å². The van der Waals surface area contributed by atoms with Crippen molar-refractivity contribution in [1.82, 2.24) is 15.0 Å². The van der Waals surface area contributed by atoms with Crippen LogP contribution in [0, 0.1) is 0 Å². The minimum Gasteiger partial charge on any atom is -0.476 e. The number of benzene rings is 1. The van der Waals surface area contributed by atoms with E-state index < -0.39 is 10.0 Å². The second-order valence-corrected chi connectivity index (χ2v) is 7.91. The standard InChI is InChI=1S/C17H22ClN3O3S/c1-13(21-25(2,22)23)15-5-3-14(4-6-15)11-19-9-10-24-17-8-7-16(18)12-20-17/h3-8,12-13,19,21H,9-11H2,1-2H3. The highest BCUT2D eigenvalue weighted by Gasteiger charge is 2.10. The topological polar surface area (TPSA) is 80.3 Å². The minimum absolute atomic E-state index is 0.253. The molecule has 0 spiro atoms. The summed E-state index contributed by atoms with van der Waals surface area (Å²) in [5.74, 6) is 0.544. The van der Waals surface area contributed by atoms with Gasteiger partial charge in [-0.2, -0.15) is 0 Å². The van der Waals surface area contributed by atoms with E-state index in [0.29, 0.717) is 30.6 Å². The van der Waals surface area contributed by atoms with Crippen LogP contribution in [0.5, 0.6) is 5.88 Å². The summed E-state index contributed by atoms with van der Waals surface area (Å²) >= 11 is 5.76. The largest absolute Gasteiger partial charge is 0.476 e. The zero-order valence-corrected chi connectivity index (χ0v) is 15.8. The van der Waals surface area contributed by atoms with Crippen LogP contribution in [0.25, 0.3) is 0 Å². The molecule has 0 bridgehead atoms. The lowest BCUT2D eigenvalue weighted by Gasteiger charge is -2.13. The van der Waals surface area contributed by atoms with E-state index in [-0.39, 0.29) is 6.04 Å². The number of halogens is 1. The number of rotatable bonds is 9. The zero-order chi connectivity index (χ0) is 18.3. The van der Waals surface area contributed by atoms with Crippen LogP contribution in [-0.4, -0.2) is 32.8 Å². The van der Waals surface area contributed by atoms with Crippen molar-refractivity contribution in [3.05, 3.63) is 58.7 Å². The van der Waals surface area contributed by atoms with Gasteiger partial charge in [-0.05, 0) is 24.1 Å². The van der Waals surface area contributed by atoms with Crippen molar-refractivity contribution in [2.24, 2.45) is 0 Å². The number of sulfonamides is 1. The second-order valence-electron chi connectivity index (χ2n) is 5.69. The molecule has 2 N–H and O–H groups in total. The molecule has 8 heteroatoms. The van der Waals surface area contributed by atoms with Gasteiger partial charge in [-0.3, -0.25) is 0 Å². The van der Waals surface area contributed by atoms with Gasteiger partial charge in [0, 0.05) is 31.4 Å². The van der Waals surface area contributed by atoms with E-state index in [1.54, 1.807) is 18.3 Å². The monoisotopic (exact) mass is 383 g/mol. The first-order chi connectivity index (χ1) is 11.8. The van der Waals surface area contributed by atoms with Crippen molar-refractivity contribution in [3.63, 3.8) is 0 Å². The second kappa shape index (κ2) is 9.15. The number of pyridine rings is 1. The first kappa shape index (κ1) is 19.7. The lowest BCUT2D eigenvalue weighted by atomic mass is 10.1. The molecule has 0 amide bonds. The molecule has 25 heavy (non-hydrogen) atoms. The van der Waals surface area contributed by atoms with E-state index in [0.717, 1.165) is 17.4 Å². The molecule has 1 atom stereocenters. The lowest BCUT2D eigenvalue weighted by molar-refractivity contribution is 0.302. The average molecular weight is 384 g/mol. The Morgan fingerprint density at radius 3 is 2.52 bits per heavy atom. The average Bonchev–Trinajstić information content (AvgIpc) is 2.55. The lowest BCUT2D eigenvalue weighted by Crippen LogP contribution is -2.25. The van der Waals surface area contributed by atoms with E-state index in [2.05, 4.69) is 15.0 Å². The molecule has 0 saturated carbocycles. The third kappa shape index (κ3) is 7.39. The van der Waals surface area contributed by atoms with E-state index in [1.807, 2.05) is 31.2 Å². The van der Waals surface area contributed by atoms with Crippen molar-refractivity contribution < 1.29 is 13.2 Å². The van der Waals surface area contributed by atoms with Crippen molar-refractivity contribution in [1.29, 1.82) is 0 Å². The molecule has 0 aliphatic rings. The van der Waals surface area contributed by atoms with Gasteiger partial charge in [-0.1, -0.05) is 35.9 Å². The first-order valence-corrected chi connectivity index (χ1v) is 10.1. The Kier molecular flexibility index (Phi) is 7.19. The Morgan fingerprint density at radius 1 is 1.20 bits per heavy atom. The van der Waals surface area contributed by atoms with Crippen LogP contribution in [0.15, 0.2) is 42.6 Å². The Morgan fingerprint density at radius 2 is 1.92 bits per heavy atom. The van der Waals surface area contributed by atoms with Gasteiger partial charge < -0.3 is 10.1 Å². The molecule has 0 fully saturated rings. The van der Waals surface area contributed by atoms with Crippen LogP contribution >= 0.6 is 11.6 Å². The summed E-state index contributed by atoms with van der Waals surface area (Å²) in [6.45, 7) is 3.70. The highest BCUT2D eigenvalue weighted by molar-refractivity contribution is 7.88. The molecule has 1 aromatic heterocycles. The van der Waals surface area contributed by atoms with Crippen LogP contribution in [0.3, 0.4) is 0 Å². The summed E-state index contributed by atoms with van der Waals surface area (Å²) in [5, 5.41) is 3.86. The van der Waals surface area contributed by atoms with Gasteiger partial charge in [0.15, 0.2) is 0 Å². The fourth-order valence-corrected chi connectivity index (χ4v) is 3.11. The maximum atomic E-state index is 11.3. The quantitative estimate of drug-likeness (QED) is 0.650. The van der Waals surface area contributed by atoms with Gasteiger partial charge in [0.05, 0.1) is 11.3 Å². The first-order valence-electron chi connectivity index (χ1n) is 7.85. The highest BCUT2D eigenvalue weighted by Crippen LogP contribution is 2.14. The molecule has 1 unspecified atom stereocenters. The molecule has 0 radical (unpaired) electrons. The SMILES string of the molecule is CC(NS(C)(=O)=O)c1ccc(CNCCOc2ccc(Cl)cn2)cc1. The predicted molar refractivity (Wildman–Crippen MR) is 99.3 cm³/mol. The van der Waals surface area contributed by atoms with Crippen LogP contribution in [0.4, 0.5) is 0 Å². The van der Waals surface area contributed by atoms with Gasteiger partial charge in [0.2, 0.25) is 15.9 Å². The molecular formula is C17H22ClN3O3S. The zero-order valence-electron chi connectivity index (χ0n) is 14.2. The third-order valence-corrected chi connectivity index (χ3v) is 4.43. The summed E-state index contributed by atoms with van der Waals surface area (Å²) in [5.41, 5.74) is 2.03. The summed E-state index contributed by atoms with van der Waals surface area (Å²) in [6, 6.07) is 11.0.